The molecule has 0 amide bonds. The molecule has 7 heavy (non-hydrogen) atoms. The highest BCUT2D eigenvalue weighted by molar-refractivity contribution is 4.79. The van der Waals surface area contributed by atoms with Crippen LogP contribution < -0.4 is 5.73 Å². The zero-order valence-electron chi connectivity index (χ0n) is 5.02. The average molecular weight is 99.2 g/mol. The normalized spacial score (nSPS) is 15.3. The van der Waals surface area contributed by atoms with Crippen LogP contribution in [0.1, 0.15) is 20.3 Å². The van der Waals surface area contributed by atoms with Crippen LogP contribution in [0.3, 0.4) is 0 Å². The standard InChI is InChI=1S/C6H13N/c1-3-4-5-6(2)7/h3-4,6H,5,7H2,1-2H3/b4-3+/t6-/m0/s1. The lowest BCUT2D eigenvalue weighted by molar-refractivity contribution is 0.756. The molecule has 0 aromatic heterocycles. The average Bonchev–Trinajstić information content (AvgIpc) is 1.61. The third-order valence-electron chi connectivity index (χ3n) is 0.744. The van der Waals surface area contributed by atoms with Gasteiger partial charge in [-0.3, -0.25) is 0 Å². The van der Waals surface area contributed by atoms with Gasteiger partial charge in [-0.25, -0.2) is 0 Å². The molecule has 0 saturated carbocycles. The summed E-state index contributed by atoms with van der Waals surface area (Å²) < 4.78 is 0. The third-order valence-corrected chi connectivity index (χ3v) is 0.744. The molecular weight excluding hydrogens is 86.1 g/mol. The van der Waals surface area contributed by atoms with Crippen LogP contribution in [0.2, 0.25) is 0 Å². The molecule has 0 unspecified atom stereocenters. The summed E-state index contributed by atoms with van der Waals surface area (Å²) in [5.74, 6) is 0. The second kappa shape index (κ2) is 3.88. The fraction of sp³-hybridized carbons (Fsp3) is 0.667. The molecule has 0 aliphatic rings. The molecule has 0 aromatic rings. The lowest BCUT2D eigenvalue weighted by Crippen LogP contribution is -2.12. The minimum Gasteiger partial charge on any atom is -0.328 e. The van der Waals surface area contributed by atoms with E-state index in [9.17, 15) is 0 Å². The van der Waals surface area contributed by atoms with Crippen molar-refractivity contribution in [2.75, 3.05) is 0 Å². The Balaban J connectivity index is 2.97. The predicted molar refractivity (Wildman–Crippen MR) is 33.1 cm³/mol. The van der Waals surface area contributed by atoms with Gasteiger partial charge in [0.05, 0.1) is 0 Å². The number of rotatable bonds is 2. The molecule has 1 nitrogen and oxygen atoms in total. The molecule has 0 fully saturated rings. The topological polar surface area (TPSA) is 26.0 Å². The van der Waals surface area contributed by atoms with Crippen molar-refractivity contribution in [3.8, 4) is 0 Å². The van der Waals surface area contributed by atoms with Crippen molar-refractivity contribution in [3.05, 3.63) is 12.2 Å². The lowest BCUT2D eigenvalue weighted by atomic mass is 10.2. The minimum absolute atomic E-state index is 0.316. The van der Waals surface area contributed by atoms with Crippen molar-refractivity contribution in [2.24, 2.45) is 5.73 Å². The Morgan fingerprint density at radius 3 is 2.43 bits per heavy atom. The van der Waals surface area contributed by atoms with Gasteiger partial charge in [0.15, 0.2) is 0 Å². The van der Waals surface area contributed by atoms with Crippen LogP contribution in [0.5, 0.6) is 0 Å². The molecule has 0 saturated heterocycles. The van der Waals surface area contributed by atoms with Gasteiger partial charge in [-0.15, -0.1) is 0 Å². The molecule has 0 spiro atoms. The first kappa shape index (κ1) is 6.70. The Kier molecular flexibility index (Phi) is 3.71. The van der Waals surface area contributed by atoms with E-state index in [2.05, 4.69) is 6.08 Å². The van der Waals surface area contributed by atoms with Crippen molar-refractivity contribution in [2.45, 2.75) is 26.3 Å². The molecule has 0 radical (unpaired) electrons. The fourth-order valence-electron chi connectivity index (χ4n) is 0.351. The molecule has 0 aliphatic carbocycles. The smallest absolute Gasteiger partial charge is 0.00449 e. The van der Waals surface area contributed by atoms with Crippen LogP contribution in [-0.2, 0) is 0 Å². The summed E-state index contributed by atoms with van der Waals surface area (Å²) in [5.41, 5.74) is 5.43. The van der Waals surface area contributed by atoms with E-state index in [4.69, 9.17) is 5.73 Å². The van der Waals surface area contributed by atoms with Crippen LogP contribution >= 0.6 is 0 Å². The first-order valence-corrected chi connectivity index (χ1v) is 2.64. The van der Waals surface area contributed by atoms with E-state index >= 15 is 0 Å². The quantitative estimate of drug-likeness (QED) is 0.519. The maximum atomic E-state index is 5.43. The molecule has 42 valence electrons. The summed E-state index contributed by atoms with van der Waals surface area (Å²) in [6.45, 7) is 4.00. The Bertz CT molecular complexity index is 55.2. The van der Waals surface area contributed by atoms with Gasteiger partial charge < -0.3 is 5.73 Å². The number of hydrogen-bond acceptors (Lipinski definition) is 1. The van der Waals surface area contributed by atoms with E-state index in [1.54, 1.807) is 0 Å². The Morgan fingerprint density at radius 2 is 2.29 bits per heavy atom. The molecule has 0 aliphatic heterocycles. The first-order chi connectivity index (χ1) is 3.27. The van der Waals surface area contributed by atoms with Crippen molar-refractivity contribution < 1.29 is 0 Å². The summed E-state index contributed by atoms with van der Waals surface area (Å²) in [6, 6.07) is 0.316. The van der Waals surface area contributed by atoms with Crippen LogP contribution in [0.25, 0.3) is 0 Å². The minimum atomic E-state index is 0.316. The van der Waals surface area contributed by atoms with Gasteiger partial charge in [0.2, 0.25) is 0 Å². The highest BCUT2D eigenvalue weighted by atomic mass is 14.6. The maximum Gasteiger partial charge on any atom is 0.00449 e. The van der Waals surface area contributed by atoms with Gasteiger partial charge in [0.25, 0.3) is 0 Å². The van der Waals surface area contributed by atoms with Crippen molar-refractivity contribution >= 4 is 0 Å². The zero-order valence-corrected chi connectivity index (χ0v) is 5.02. The van der Waals surface area contributed by atoms with Gasteiger partial charge in [0, 0.05) is 6.04 Å². The van der Waals surface area contributed by atoms with E-state index < -0.39 is 0 Å². The zero-order chi connectivity index (χ0) is 5.70. The second-order valence-corrected chi connectivity index (χ2v) is 1.78. The van der Waals surface area contributed by atoms with Gasteiger partial charge >= 0.3 is 0 Å². The highest BCUT2D eigenvalue weighted by Crippen LogP contribution is 1.85. The monoisotopic (exact) mass is 99.1 g/mol. The lowest BCUT2D eigenvalue weighted by Gasteiger charge is -1.94. The molecule has 0 aromatic carbocycles. The van der Waals surface area contributed by atoms with Crippen LogP contribution in [0, 0.1) is 0 Å². The Morgan fingerprint density at radius 1 is 1.71 bits per heavy atom. The van der Waals surface area contributed by atoms with Crippen molar-refractivity contribution in [3.63, 3.8) is 0 Å². The second-order valence-electron chi connectivity index (χ2n) is 1.78. The molecule has 0 rings (SSSR count). The first-order valence-electron chi connectivity index (χ1n) is 2.64. The molecule has 2 N–H and O–H groups in total. The van der Waals surface area contributed by atoms with Gasteiger partial charge in [-0.05, 0) is 20.3 Å². The fourth-order valence-corrected chi connectivity index (χ4v) is 0.351. The molecule has 1 heteroatoms. The SMILES string of the molecule is C/C=C/C[C@H](C)N. The molecular formula is C6H13N. The summed E-state index contributed by atoms with van der Waals surface area (Å²) >= 11 is 0. The summed E-state index contributed by atoms with van der Waals surface area (Å²) in [6.07, 6.45) is 5.09. The van der Waals surface area contributed by atoms with Crippen molar-refractivity contribution in [1.82, 2.24) is 0 Å². The van der Waals surface area contributed by atoms with Gasteiger partial charge in [0.1, 0.15) is 0 Å². The van der Waals surface area contributed by atoms with Gasteiger partial charge in [-0.1, -0.05) is 12.2 Å². The van der Waals surface area contributed by atoms with E-state index in [1.165, 1.54) is 0 Å². The van der Waals surface area contributed by atoms with Crippen LogP contribution in [0.15, 0.2) is 12.2 Å². The van der Waals surface area contributed by atoms with Crippen LogP contribution in [0.4, 0.5) is 0 Å². The van der Waals surface area contributed by atoms with E-state index in [0.29, 0.717) is 6.04 Å². The largest absolute Gasteiger partial charge is 0.328 e. The third kappa shape index (κ3) is 5.70. The highest BCUT2D eigenvalue weighted by Gasteiger charge is 1.83. The molecule has 1 atom stereocenters. The number of hydrogen-bond donors (Lipinski definition) is 1. The number of allylic oxidation sites excluding steroid dienone is 1. The summed E-state index contributed by atoms with van der Waals surface area (Å²) in [7, 11) is 0. The van der Waals surface area contributed by atoms with Crippen molar-refractivity contribution in [1.29, 1.82) is 0 Å². The Hall–Kier alpha value is -0.300. The summed E-state index contributed by atoms with van der Waals surface area (Å²) in [4.78, 5) is 0. The van der Waals surface area contributed by atoms with Gasteiger partial charge in [-0.2, -0.15) is 0 Å². The number of nitrogens with two attached hydrogens (primary N) is 1. The van der Waals surface area contributed by atoms with Crippen LogP contribution in [-0.4, -0.2) is 6.04 Å². The molecule has 0 heterocycles. The molecule has 0 bridgehead atoms. The maximum absolute atomic E-state index is 5.43. The Labute approximate surface area is 45.2 Å². The van der Waals surface area contributed by atoms with E-state index in [1.807, 2.05) is 19.9 Å². The predicted octanol–water partition coefficient (Wildman–Crippen LogP) is 1.30. The van der Waals surface area contributed by atoms with E-state index in [-0.39, 0.29) is 0 Å². The summed E-state index contributed by atoms with van der Waals surface area (Å²) in [5, 5.41) is 0. The van der Waals surface area contributed by atoms with E-state index in [0.717, 1.165) is 6.42 Å².